The third-order valence-electron chi connectivity index (χ3n) is 2.95. The van der Waals surface area contributed by atoms with Crippen molar-refractivity contribution < 1.29 is 0 Å². The molecule has 14 heavy (non-hydrogen) atoms. The van der Waals surface area contributed by atoms with E-state index in [9.17, 15) is 0 Å². The Bertz CT molecular complexity index is 271. The Morgan fingerprint density at radius 1 is 1.36 bits per heavy atom. The first-order valence-electron chi connectivity index (χ1n) is 5.52. The Hall–Kier alpha value is -1.05. The summed E-state index contributed by atoms with van der Waals surface area (Å²) in [6.07, 6.45) is 7.16. The minimum atomic E-state index is 0.633. The molecule has 0 amide bonds. The van der Waals surface area contributed by atoms with Crippen molar-refractivity contribution in [1.29, 1.82) is 0 Å². The molecule has 76 valence electrons. The highest BCUT2D eigenvalue weighted by molar-refractivity contribution is 5.34. The van der Waals surface area contributed by atoms with Gasteiger partial charge in [-0.05, 0) is 30.9 Å². The minimum absolute atomic E-state index is 0.633. The fourth-order valence-electron chi connectivity index (χ4n) is 2.22. The Balaban J connectivity index is 1.91. The molecule has 1 N–H and O–H groups in total. The molecule has 1 fully saturated rings. The molecule has 2 rings (SSSR count). The zero-order valence-electron chi connectivity index (χ0n) is 8.74. The first-order chi connectivity index (χ1) is 6.84. The van der Waals surface area contributed by atoms with Gasteiger partial charge in [-0.3, -0.25) is 0 Å². The second kappa shape index (κ2) is 4.45. The molecule has 0 saturated heterocycles. The zero-order valence-corrected chi connectivity index (χ0v) is 8.74. The van der Waals surface area contributed by atoms with Crippen LogP contribution in [0, 0.1) is 5.92 Å². The highest BCUT2D eigenvalue weighted by Crippen LogP contribution is 2.25. The lowest BCUT2D eigenvalue weighted by Crippen LogP contribution is -2.26. The van der Waals surface area contributed by atoms with Crippen LogP contribution in [0.3, 0.4) is 0 Å². The monoisotopic (exact) mass is 190 g/mol. The van der Waals surface area contributed by atoms with E-state index in [1.54, 1.807) is 0 Å². The normalized spacial score (nSPS) is 27.2. The summed E-state index contributed by atoms with van der Waals surface area (Å²) in [5.41, 5.74) is 0. The standard InChI is InChI=1S/C12H18N2/c1-10-5-4-6-11(9-10)14-12-7-2-3-8-13-12/h2-3,7-8,10-11H,4-6,9H2,1H3,(H,13,14)/t10-,11+/m0/s1. The third-order valence-corrected chi connectivity index (χ3v) is 2.95. The van der Waals surface area contributed by atoms with Crippen LogP contribution in [-0.2, 0) is 0 Å². The van der Waals surface area contributed by atoms with Gasteiger partial charge in [-0.25, -0.2) is 4.98 Å². The molecule has 2 atom stereocenters. The van der Waals surface area contributed by atoms with Gasteiger partial charge in [0, 0.05) is 12.2 Å². The Morgan fingerprint density at radius 2 is 2.29 bits per heavy atom. The topological polar surface area (TPSA) is 24.9 Å². The predicted octanol–water partition coefficient (Wildman–Crippen LogP) is 3.07. The van der Waals surface area contributed by atoms with Crippen LogP contribution >= 0.6 is 0 Å². The van der Waals surface area contributed by atoms with Crippen LogP contribution in [0.2, 0.25) is 0 Å². The van der Waals surface area contributed by atoms with Crippen LogP contribution in [0.1, 0.15) is 32.6 Å². The predicted molar refractivity (Wildman–Crippen MR) is 59.3 cm³/mol. The lowest BCUT2D eigenvalue weighted by Gasteiger charge is -2.27. The third kappa shape index (κ3) is 2.47. The lowest BCUT2D eigenvalue weighted by molar-refractivity contribution is 0.358. The maximum absolute atomic E-state index is 4.29. The number of anilines is 1. The van der Waals surface area contributed by atoms with E-state index in [0.717, 1.165) is 11.7 Å². The van der Waals surface area contributed by atoms with Crippen LogP contribution in [0.5, 0.6) is 0 Å². The van der Waals surface area contributed by atoms with Crippen LogP contribution in [0.15, 0.2) is 24.4 Å². The maximum Gasteiger partial charge on any atom is 0.126 e. The Morgan fingerprint density at radius 3 is 3.00 bits per heavy atom. The minimum Gasteiger partial charge on any atom is -0.367 e. The summed E-state index contributed by atoms with van der Waals surface area (Å²) in [6, 6.07) is 6.66. The molecule has 0 aromatic carbocycles. The summed E-state index contributed by atoms with van der Waals surface area (Å²) in [6.45, 7) is 2.34. The fraction of sp³-hybridized carbons (Fsp3) is 0.583. The van der Waals surface area contributed by atoms with Gasteiger partial charge in [-0.15, -0.1) is 0 Å². The van der Waals surface area contributed by atoms with Crippen molar-refractivity contribution in [2.24, 2.45) is 5.92 Å². The van der Waals surface area contributed by atoms with Crippen LogP contribution < -0.4 is 5.32 Å². The summed E-state index contributed by atoms with van der Waals surface area (Å²) in [5, 5.41) is 3.50. The second-order valence-corrected chi connectivity index (χ2v) is 4.33. The molecule has 1 aliphatic rings. The van der Waals surface area contributed by atoms with Crippen LogP contribution in [0.4, 0.5) is 5.82 Å². The van der Waals surface area contributed by atoms with E-state index in [2.05, 4.69) is 17.2 Å². The molecule has 2 nitrogen and oxygen atoms in total. The number of hydrogen-bond acceptors (Lipinski definition) is 2. The average Bonchev–Trinajstić information content (AvgIpc) is 2.19. The number of aromatic nitrogens is 1. The summed E-state index contributed by atoms with van der Waals surface area (Å²) in [4.78, 5) is 4.29. The van der Waals surface area contributed by atoms with Gasteiger partial charge < -0.3 is 5.32 Å². The highest BCUT2D eigenvalue weighted by atomic mass is 15.0. The summed E-state index contributed by atoms with van der Waals surface area (Å²) in [7, 11) is 0. The number of hydrogen-bond donors (Lipinski definition) is 1. The SMILES string of the molecule is C[C@H]1CCC[C@@H](Nc2ccccn2)C1. The van der Waals surface area contributed by atoms with E-state index in [1.165, 1.54) is 25.7 Å². The van der Waals surface area contributed by atoms with Crippen molar-refractivity contribution in [2.75, 3.05) is 5.32 Å². The molecule has 1 aromatic rings. The maximum atomic E-state index is 4.29. The Labute approximate surface area is 85.7 Å². The lowest BCUT2D eigenvalue weighted by atomic mass is 9.87. The van der Waals surface area contributed by atoms with Crippen molar-refractivity contribution in [3.8, 4) is 0 Å². The molecule has 1 aromatic heterocycles. The quantitative estimate of drug-likeness (QED) is 0.775. The van der Waals surface area contributed by atoms with Gasteiger partial charge >= 0.3 is 0 Å². The molecule has 1 aliphatic carbocycles. The van der Waals surface area contributed by atoms with E-state index in [1.807, 2.05) is 24.4 Å². The Kier molecular flexibility index (Phi) is 3.02. The highest BCUT2D eigenvalue weighted by Gasteiger charge is 2.18. The van der Waals surface area contributed by atoms with Crippen molar-refractivity contribution in [2.45, 2.75) is 38.6 Å². The van der Waals surface area contributed by atoms with Gasteiger partial charge in [0.25, 0.3) is 0 Å². The molecular weight excluding hydrogens is 172 g/mol. The van der Waals surface area contributed by atoms with E-state index in [-0.39, 0.29) is 0 Å². The number of nitrogens with one attached hydrogen (secondary N) is 1. The molecule has 0 aliphatic heterocycles. The van der Waals surface area contributed by atoms with E-state index in [4.69, 9.17) is 0 Å². The van der Waals surface area contributed by atoms with Gasteiger partial charge in [-0.1, -0.05) is 25.8 Å². The summed E-state index contributed by atoms with van der Waals surface area (Å²) in [5.74, 6) is 1.89. The molecular formula is C12H18N2. The largest absolute Gasteiger partial charge is 0.367 e. The zero-order chi connectivity index (χ0) is 9.80. The molecule has 1 heterocycles. The van der Waals surface area contributed by atoms with Gasteiger partial charge in [0.2, 0.25) is 0 Å². The summed E-state index contributed by atoms with van der Waals surface area (Å²) < 4.78 is 0. The van der Waals surface area contributed by atoms with E-state index in [0.29, 0.717) is 6.04 Å². The average molecular weight is 190 g/mol. The smallest absolute Gasteiger partial charge is 0.126 e. The first kappa shape index (κ1) is 9.50. The van der Waals surface area contributed by atoms with Gasteiger partial charge in [0.15, 0.2) is 0 Å². The molecule has 1 saturated carbocycles. The second-order valence-electron chi connectivity index (χ2n) is 4.33. The number of rotatable bonds is 2. The van der Waals surface area contributed by atoms with E-state index >= 15 is 0 Å². The van der Waals surface area contributed by atoms with Gasteiger partial charge in [0.1, 0.15) is 5.82 Å². The van der Waals surface area contributed by atoms with Crippen LogP contribution in [0.25, 0.3) is 0 Å². The number of nitrogens with zero attached hydrogens (tertiary/aromatic N) is 1. The van der Waals surface area contributed by atoms with Crippen molar-refractivity contribution in [3.63, 3.8) is 0 Å². The van der Waals surface area contributed by atoms with Crippen molar-refractivity contribution in [3.05, 3.63) is 24.4 Å². The molecule has 0 spiro atoms. The van der Waals surface area contributed by atoms with Crippen LogP contribution in [-0.4, -0.2) is 11.0 Å². The van der Waals surface area contributed by atoms with Gasteiger partial charge in [0.05, 0.1) is 0 Å². The molecule has 2 heteroatoms. The van der Waals surface area contributed by atoms with Gasteiger partial charge in [-0.2, -0.15) is 0 Å². The first-order valence-corrected chi connectivity index (χ1v) is 5.52. The molecule has 0 bridgehead atoms. The fourth-order valence-corrected chi connectivity index (χ4v) is 2.22. The number of pyridine rings is 1. The molecule has 0 unspecified atom stereocenters. The van der Waals surface area contributed by atoms with Crippen molar-refractivity contribution >= 4 is 5.82 Å². The van der Waals surface area contributed by atoms with Crippen molar-refractivity contribution in [1.82, 2.24) is 4.98 Å². The summed E-state index contributed by atoms with van der Waals surface area (Å²) >= 11 is 0. The molecule has 0 radical (unpaired) electrons. The van der Waals surface area contributed by atoms with E-state index < -0.39 is 0 Å².